The van der Waals surface area contributed by atoms with Gasteiger partial charge in [0.05, 0.1) is 5.52 Å². The van der Waals surface area contributed by atoms with Crippen molar-refractivity contribution in [3.05, 3.63) is 59.7 Å². The Morgan fingerprint density at radius 2 is 1.54 bits per heavy atom. The Morgan fingerprint density at radius 1 is 0.892 bits per heavy atom. The molecule has 0 unspecified atom stereocenters. The molecule has 194 valence electrons. The van der Waals surface area contributed by atoms with Crippen molar-refractivity contribution in [3.63, 3.8) is 0 Å². The maximum absolute atomic E-state index is 13.0. The molecular formula is C27H32N6O4. The molecule has 3 aromatic rings. The number of H-pyrrole nitrogens is 1. The lowest BCUT2D eigenvalue weighted by molar-refractivity contribution is -0.141. The number of benzene rings is 2. The monoisotopic (exact) mass is 504 g/mol. The molecule has 0 radical (unpaired) electrons. The highest BCUT2D eigenvalue weighted by molar-refractivity contribution is 5.94. The molecule has 2 heterocycles. The van der Waals surface area contributed by atoms with E-state index in [1.54, 1.807) is 10.4 Å². The second-order valence-corrected chi connectivity index (χ2v) is 9.81. The first-order valence-electron chi connectivity index (χ1n) is 12.8. The predicted molar refractivity (Wildman–Crippen MR) is 138 cm³/mol. The zero-order valence-corrected chi connectivity index (χ0v) is 20.7. The third kappa shape index (κ3) is 5.43. The number of hydroxylamine groups is 1. The molecule has 1 saturated heterocycles. The number of piperazine rings is 1. The van der Waals surface area contributed by atoms with Crippen molar-refractivity contribution in [2.24, 2.45) is 11.8 Å². The van der Waals surface area contributed by atoms with Crippen molar-refractivity contribution in [2.45, 2.75) is 32.2 Å². The maximum Gasteiger partial charge on any atom is 0.253 e. The van der Waals surface area contributed by atoms with Crippen LogP contribution in [-0.4, -0.2) is 69.1 Å². The summed E-state index contributed by atoms with van der Waals surface area (Å²) in [7, 11) is 0. The Kier molecular flexibility index (Phi) is 7.36. The fourth-order valence-electron chi connectivity index (χ4n) is 5.31. The normalized spacial score (nSPS) is 20.0. The number of nitrogens with one attached hydrogen (secondary N) is 3. The summed E-state index contributed by atoms with van der Waals surface area (Å²) in [5.74, 6) is 0.193. The van der Waals surface area contributed by atoms with Gasteiger partial charge in [-0.3, -0.25) is 24.7 Å². The Labute approximate surface area is 215 Å². The van der Waals surface area contributed by atoms with E-state index in [1.807, 2.05) is 53.4 Å². The summed E-state index contributed by atoms with van der Waals surface area (Å²) in [6, 6.07) is 15.5. The van der Waals surface area contributed by atoms with Gasteiger partial charge >= 0.3 is 0 Å². The van der Waals surface area contributed by atoms with Crippen LogP contribution in [0.5, 0.6) is 0 Å². The van der Waals surface area contributed by atoms with Crippen LogP contribution in [0.2, 0.25) is 0 Å². The van der Waals surface area contributed by atoms with E-state index in [2.05, 4.69) is 15.5 Å². The SMILES string of the molecule is O=C(NO)C1CCC(C(=O)N2CCN(C(=O)c3ccc(CNc4n[nH]c5ccccc45)cc3)CC2)CC1. The van der Waals surface area contributed by atoms with Crippen molar-refractivity contribution in [3.8, 4) is 0 Å². The van der Waals surface area contributed by atoms with Gasteiger partial charge in [0.2, 0.25) is 11.8 Å². The molecule has 2 aromatic carbocycles. The lowest BCUT2D eigenvalue weighted by atomic mass is 9.81. The Bertz CT molecular complexity index is 1260. The summed E-state index contributed by atoms with van der Waals surface area (Å²) >= 11 is 0. The lowest BCUT2D eigenvalue weighted by Gasteiger charge is -2.37. The van der Waals surface area contributed by atoms with Crippen LogP contribution < -0.4 is 10.8 Å². The van der Waals surface area contributed by atoms with E-state index in [9.17, 15) is 14.4 Å². The number of anilines is 1. The van der Waals surface area contributed by atoms with E-state index in [1.165, 1.54) is 0 Å². The Hall–Kier alpha value is -3.92. The molecule has 5 rings (SSSR count). The highest BCUT2D eigenvalue weighted by atomic mass is 16.5. The van der Waals surface area contributed by atoms with Crippen molar-refractivity contribution in [1.29, 1.82) is 0 Å². The highest BCUT2D eigenvalue weighted by Crippen LogP contribution is 2.30. The van der Waals surface area contributed by atoms with Crippen LogP contribution in [0.3, 0.4) is 0 Å². The zero-order valence-electron chi connectivity index (χ0n) is 20.7. The number of nitrogens with zero attached hydrogens (tertiary/aromatic N) is 3. The number of aromatic nitrogens is 2. The van der Waals surface area contributed by atoms with E-state index in [0.717, 1.165) is 22.3 Å². The molecule has 0 bridgehead atoms. The summed E-state index contributed by atoms with van der Waals surface area (Å²) in [6.45, 7) is 2.63. The van der Waals surface area contributed by atoms with Crippen LogP contribution in [-0.2, 0) is 16.1 Å². The van der Waals surface area contributed by atoms with Gasteiger partial charge < -0.3 is 15.1 Å². The van der Waals surface area contributed by atoms with E-state index in [-0.39, 0.29) is 29.6 Å². The first-order valence-corrected chi connectivity index (χ1v) is 12.8. The molecule has 10 nitrogen and oxygen atoms in total. The van der Waals surface area contributed by atoms with Crippen molar-refractivity contribution < 1.29 is 19.6 Å². The van der Waals surface area contributed by atoms with E-state index in [4.69, 9.17) is 5.21 Å². The van der Waals surface area contributed by atoms with Gasteiger partial charge in [0.25, 0.3) is 5.91 Å². The number of fused-ring (bicyclic) bond motifs is 1. The Balaban J connectivity index is 1.09. The van der Waals surface area contributed by atoms with Crippen molar-refractivity contribution in [2.75, 3.05) is 31.5 Å². The fourth-order valence-corrected chi connectivity index (χ4v) is 5.31. The molecule has 1 aliphatic carbocycles. The smallest absolute Gasteiger partial charge is 0.253 e. The molecule has 4 N–H and O–H groups in total. The third-order valence-corrected chi connectivity index (χ3v) is 7.57. The van der Waals surface area contributed by atoms with Gasteiger partial charge in [-0.15, -0.1) is 0 Å². The predicted octanol–water partition coefficient (Wildman–Crippen LogP) is 2.77. The number of carbonyl (C=O) groups excluding carboxylic acids is 3. The van der Waals surface area contributed by atoms with Gasteiger partial charge in [0, 0.05) is 55.5 Å². The molecular weight excluding hydrogens is 472 g/mol. The highest BCUT2D eigenvalue weighted by Gasteiger charge is 2.33. The maximum atomic E-state index is 13.0. The summed E-state index contributed by atoms with van der Waals surface area (Å²) in [5.41, 5.74) is 4.37. The van der Waals surface area contributed by atoms with Crippen LogP contribution in [0.15, 0.2) is 48.5 Å². The van der Waals surface area contributed by atoms with Gasteiger partial charge in [0.15, 0.2) is 5.82 Å². The number of aromatic amines is 1. The summed E-state index contributed by atoms with van der Waals surface area (Å²) in [5, 5.41) is 20.5. The molecule has 10 heteroatoms. The summed E-state index contributed by atoms with van der Waals surface area (Å²) in [4.78, 5) is 41.3. The third-order valence-electron chi connectivity index (χ3n) is 7.57. The quantitative estimate of drug-likeness (QED) is 0.302. The fraction of sp³-hybridized carbons (Fsp3) is 0.407. The molecule has 2 fully saturated rings. The topological polar surface area (TPSA) is 131 Å². The molecule has 0 spiro atoms. The minimum atomic E-state index is -0.367. The second-order valence-electron chi connectivity index (χ2n) is 9.81. The second kappa shape index (κ2) is 11.0. The Morgan fingerprint density at radius 3 is 2.24 bits per heavy atom. The first kappa shape index (κ1) is 24.8. The number of para-hydroxylation sites is 1. The molecule has 37 heavy (non-hydrogen) atoms. The van der Waals surface area contributed by atoms with Crippen LogP contribution in [0, 0.1) is 11.8 Å². The average Bonchev–Trinajstić information content (AvgIpc) is 3.38. The van der Waals surface area contributed by atoms with Crippen LogP contribution in [0.25, 0.3) is 10.9 Å². The largest absolute Gasteiger partial charge is 0.364 e. The van der Waals surface area contributed by atoms with Gasteiger partial charge in [-0.2, -0.15) is 5.10 Å². The van der Waals surface area contributed by atoms with Gasteiger partial charge in [0.1, 0.15) is 0 Å². The molecule has 3 amide bonds. The van der Waals surface area contributed by atoms with E-state index >= 15 is 0 Å². The minimum absolute atomic E-state index is 0.0274. The number of hydrogen-bond donors (Lipinski definition) is 4. The van der Waals surface area contributed by atoms with Gasteiger partial charge in [-0.1, -0.05) is 24.3 Å². The number of amides is 3. The van der Waals surface area contributed by atoms with E-state index < -0.39 is 0 Å². The molecule has 1 aromatic heterocycles. The van der Waals surface area contributed by atoms with Crippen molar-refractivity contribution in [1.82, 2.24) is 25.5 Å². The molecule has 2 aliphatic rings. The minimum Gasteiger partial charge on any atom is -0.364 e. The van der Waals surface area contributed by atoms with Crippen molar-refractivity contribution >= 4 is 34.4 Å². The van der Waals surface area contributed by atoms with Crippen LogP contribution in [0.1, 0.15) is 41.6 Å². The molecule has 1 saturated carbocycles. The van der Waals surface area contributed by atoms with Crippen LogP contribution >= 0.6 is 0 Å². The molecule has 1 aliphatic heterocycles. The zero-order chi connectivity index (χ0) is 25.8. The summed E-state index contributed by atoms with van der Waals surface area (Å²) in [6.07, 6.45) is 2.50. The van der Waals surface area contributed by atoms with Crippen LogP contribution in [0.4, 0.5) is 5.82 Å². The first-order chi connectivity index (χ1) is 18.0. The number of hydrogen-bond acceptors (Lipinski definition) is 6. The number of rotatable bonds is 6. The summed E-state index contributed by atoms with van der Waals surface area (Å²) < 4.78 is 0. The van der Waals surface area contributed by atoms with E-state index in [0.29, 0.717) is 64.0 Å². The van der Waals surface area contributed by atoms with Gasteiger partial charge in [-0.25, -0.2) is 5.48 Å². The lowest BCUT2D eigenvalue weighted by Crippen LogP contribution is -2.52. The number of carbonyl (C=O) groups is 3. The average molecular weight is 505 g/mol. The standard InChI is InChI=1S/C27H32N6O4/c34-25(31-37)19-9-11-21(12-10-19)27(36)33-15-13-32(14-16-33)26(35)20-7-5-18(6-8-20)17-28-24-22-3-1-2-4-23(22)29-30-24/h1-8,19,21,37H,9-17H2,(H,31,34)(H2,28,29,30). The van der Waals surface area contributed by atoms with Gasteiger partial charge in [-0.05, 0) is 55.5 Å². The molecule has 0 atom stereocenters.